The minimum absolute atomic E-state index is 0.205. The van der Waals surface area contributed by atoms with Crippen molar-refractivity contribution in [1.29, 1.82) is 0 Å². The van der Waals surface area contributed by atoms with Crippen LogP contribution in [-0.2, 0) is 0 Å². The van der Waals surface area contributed by atoms with Gasteiger partial charge in [0.2, 0.25) is 0 Å². The minimum atomic E-state index is 0.205. The highest BCUT2D eigenvalue weighted by molar-refractivity contribution is 7.10. The predicted molar refractivity (Wildman–Crippen MR) is 75.7 cm³/mol. The van der Waals surface area contributed by atoms with E-state index in [1.807, 2.05) is 0 Å². The molecule has 1 heterocycles. The number of anilines is 1. The number of nitrogens with two attached hydrogens (primary N) is 1. The van der Waals surface area contributed by atoms with Gasteiger partial charge in [0.25, 0.3) is 0 Å². The van der Waals surface area contributed by atoms with Crippen LogP contribution in [0.1, 0.15) is 22.0 Å². The van der Waals surface area contributed by atoms with Gasteiger partial charge in [0, 0.05) is 17.1 Å². The van der Waals surface area contributed by atoms with E-state index in [1.54, 1.807) is 11.3 Å². The summed E-state index contributed by atoms with van der Waals surface area (Å²) >= 11 is 1.76. The lowest BCUT2D eigenvalue weighted by atomic mass is 10.1. The Bertz CT molecular complexity index is 490. The number of hydrogen-bond donors (Lipinski definition) is 2. The van der Waals surface area contributed by atoms with Crippen molar-refractivity contribution in [1.82, 2.24) is 0 Å². The summed E-state index contributed by atoms with van der Waals surface area (Å²) in [5.74, 6) is 0. The Hall–Kier alpha value is -1.32. The SMILES string of the molecule is Cc1cccc(NC(CN)c2sccc2C)c1. The molecule has 0 aliphatic carbocycles. The Morgan fingerprint density at radius 2 is 2.12 bits per heavy atom. The van der Waals surface area contributed by atoms with Crippen LogP contribution in [0.2, 0.25) is 0 Å². The minimum Gasteiger partial charge on any atom is -0.376 e. The molecule has 1 unspecified atom stereocenters. The lowest BCUT2D eigenvalue weighted by molar-refractivity contribution is 0.800. The first kappa shape index (κ1) is 12.1. The summed E-state index contributed by atoms with van der Waals surface area (Å²) in [7, 11) is 0. The average molecular weight is 246 g/mol. The summed E-state index contributed by atoms with van der Waals surface area (Å²) in [4.78, 5) is 1.33. The molecule has 0 amide bonds. The van der Waals surface area contributed by atoms with Crippen molar-refractivity contribution in [3.8, 4) is 0 Å². The molecule has 0 spiro atoms. The molecule has 17 heavy (non-hydrogen) atoms. The third kappa shape index (κ3) is 2.87. The largest absolute Gasteiger partial charge is 0.376 e. The Morgan fingerprint density at radius 3 is 2.71 bits per heavy atom. The van der Waals surface area contributed by atoms with Gasteiger partial charge in [-0.25, -0.2) is 0 Å². The van der Waals surface area contributed by atoms with Gasteiger partial charge in [0.1, 0.15) is 0 Å². The molecule has 0 fully saturated rings. The van der Waals surface area contributed by atoms with Gasteiger partial charge in [-0.15, -0.1) is 11.3 Å². The first-order chi connectivity index (χ1) is 8.20. The summed E-state index contributed by atoms with van der Waals surface area (Å²) in [6.07, 6.45) is 0. The molecule has 2 nitrogen and oxygen atoms in total. The maximum atomic E-state index is 5.86. The molecule has 2 aromatic rings. The first-order valence-corrected chi connectivity index (χ1v) is 6.66. The first-order valence-electron chi connectivity index (χ1n) is 5.78. The third-order valence-corrected chi connectivity index (χ3v) is 3.95. The normalized spacial score (nSPS) is 12.4. The number of benzene rings is 1. The second-order valence-corrected chi connectivity index (χ2v) is 5.22. The van der Waals surface area contributed by atoms with Crippen LogP contribution in [0.25, 0.3) is 0 Å². The van der Waals surface area contributed by atoms with E-state index >= 15 is 0 Å². The van der Waals surface area contributed by atoms with E-state index in [4.69, 9.17) is 5.73 Å². The fourth-order valence-electron chi connectivity index (χ4n) is 1.91. The summed E-state index contributed by atoms with van der Waals surface area (Å²) in [6, 6.07) is 10.7. The lowest BCUT2D eigenvalue weighted by Gasteiger charge is -2.18. The van der Waals surface area contributed by atoms with Gasteiger partial charge < -0.3 is 11.1 Å². The second kappa shape index (κ2) is 5.34. The van der Waals surface area contributed by atoms with Gasteiger partial charge in [0.05, 0.1) is 6.04 Å². The monoisotopic (exact) mass is 246 g/mol. The average Bonchev–Trinajstić information content (AvgIpc) is 2.72. The molecule has 0 bridgehead atoms. The van der Waals surface area contributed by atoms with Crippen molar-refractivity contribution in [3.05, 3.63) is 51.7 Å². The van der Waals surface area contributed by atoms with Gasteiger partial charge in [-0.3, -0.25) is 0 Å². The molecule has 0 aliphatic heterocycles. The molecule has 2 rings (SSSR count). The Kier molecular flexibility index (Phi) is 3.82. The smallest absolute Gasteiger partial charge is 0.0731 e. The summed E-state index contributed by atoms with van der Waals surface area (Å²) in [5.41, 5.74) is 9.56. The number of hydrogen-bond acceptors (Lipinski definition) is 3. The van der Waals surface area contributed by atoms with Gasteiger partial charge in [-0.1, -0.05) is 12.1 Å². The van der Waals surface area contributed by atoms with Crippen molar-refractivity contribution in [2.45, 2.75) is 19.9 Å². The number of aryl methyl sites for hydroxylation is 2. The van der Waals surface area contributed by atoms with Crippen molar-refractivity contribution in [2.24, 2.45) is 5.73 Å². The summed E-state index contributed by atoms with van der Waals surface area (Å²) in [6.45, 7) is 4.83. The highest BCUT2D eigenvalue weighted by atomic mass is 32.1. The van der Waals surface area contributed by atoms with E-state index < -0.39 is 0 Å². The predicted octanol–water partition coefficient (Wildman–Crippen LogP) is 3.48. The summed E-state index contributed by atoms with van der Waals surface area (Å²) < 4.78 is 0. The molecule has 0 aliphatic rings. The lowest BCUT2D eigenvalue weighted by Crippen LogP contribution is -2.20. The summed E-state index contributed by atoms with van der Waals surface area (Å²) in [5, 5.41) is 5.61. The van der Waals surface area contributed by atoms with Crippen LogP contribution < -0.4 is 11.1 Å². The van der Waals surface area contributed by atoms with E-state index in [2.05, 4.69) is 54.9 Å². The molecule has 90 valence electrons. The van der Waals surface area contributed by atoms with Crippen LogP contribution >= 0.6 is 11.3 Å². The highest BCUT2D eigenvalue weighted by Crippen LogP contribution is 2.26. The fourth-order valence-corrected chi connectivity index (χ4v) is 2.90. The van der Waals surface area contributed by atoms with Crippen LogP contribution in [0.3, 0.4) is 0 Å². The molecule has 1 atom stereocenters. The molecule has 0 radical (unpaired) electrons. The standard InChI is InChI=1S/C14H18N2S/c1-10-4-3-5-12(8-10)16-13(9-15)14-11(2)6-7-17-14/h3-8,13,16H,9,15H2,1-2H3. The van der Waals surface area contributed by atoms with Crippen LogP contribution in [-0.4, -0.2) is 6.54 Å². The van der Waals surface area contributed by atoms with Gasteiger partial charge in [-0.2, -0.15) is 0 Å². The number of nitrogens with one attached hydrogen (secondary N) is 1. The molecular weight excluding hydrogens is 228 g/mol. The molecule has 1 aromatic heterocycles. The van der Waals surface area contributed by atoms with E-state index in [9.17, 15) is 0 Å². The Morgan fingerprint density at radius 1 is 1.29 bits per heavy atom. The second-order valence-electron chi connectivity index (χ2n) is 4.27. The number of rotatable bonds is 4. The van der Waals surface area contributed by atoms with Crippen molar-refractivity contribution in [2.75, 3.05) is 11.9 Å². The van der Waals surface area contributed by atoms with Crippen LogP contribution in [0, 0.1) is 13.8 Å². The molecule has 0 saturated heterocycles. The maximum absolute atomic E-state index is 5.86. The molecular formula is C14H18N2S. The van der Waals surface area contributed by atoms with E-state index in [0.717, 1.165) is 5.69 Å². The van der Waals surface area contributed by atoms with Gasteiger partial charge in [-0.05, 0) is 48.6 Å². The van der Waals surface area contributed by atoms with Crippen LogP contribution in [0.15, 0.2) is 35.7 Å². The molecule has 3 N–H and O–H groups in total. The van der Waals surface area contributed by atoms with Gasteiger partial charge in [0.15, 0.2) is 0 Å². The zero-order chi connectivity index (χ0) is 12.3. The zero-order valence-electron chi connectivity index (χ0n) is 10.2. The Labute approximate surface area is 106 Å². The molecule has 3 heteroatoms. The van der Waals surface area contributed by atoms with Crippen molar-refractivity contribution < 1.29 is 0 Å². The highest BCUT2D eigenvalue weighted by Gasteiger charge is 2.13. The van der Waals surface area contributed by atoms with Gasteiger partial charge >= 0.3 is 0 Å². The van der Waals surface area contributed by atoms with Crippen LogP contribution in [0.4, 0.5) is 5.69 Å². The molecule has 0 saturated carbocycles. The van der Waals surface area contributed by atoms with E-state index in [1.165, 1.54) is 16.0 Å². The van der Waals surface area contributed by atoms with Crippen molar-refractivity contribution >= 4 is 17.0 Å². The Balaban J connectivity index is 2.19. The van der Waals surface area contributed by atoms with Crippen molar-refractivity contribution in [3.63, 3.8) is 0 Å². The molecule has 1 aromatic carbocycles. The quantitative estimate of drug-likeness (QED) is 0.866. The zero-order valence-corrected chi connectivity index (χ0v) is 11.1. The fraction of sp³-hybridized carbons (Fsp3) is 0.286. The van der Waals surface area contributed by atoms with E-state index in [0.29, 0.717) is 6.54 Å². The number of thiophene rings is 1. The third-order valence-electron chi connectivity index (χ3n) is 2.81. The van der Waals surface area contributed by atoms with Crippen LogP contribution in [0.5, 0.6) is 0 Å². The topological polar surface area (TPSA) is 38.0 Å². The maximum Gasteiger partial charge on any atom is 0.0731 e. The van der Waals surface area contributed by atoms with E-state index in [-0.39, 0.29) is 6.04 Å².